The zero-order chi connectivity index (χ0) is 14.2. The standard InChI is InChI=1S/C18H27NO/c1-4-9-19-16-12-18(2,3)20-17-11-14-8-6-5-7-13(14)10-15(16)17/h10-11,16,19H,4-9,12H2,1-3H3. The quantitative estimate of drug-likeness (QED) is 0.892. The molecule has 1 aromatic carbocycles. The Morgan fingerprint density at radius 3 is 2.60 bits per heavy atom. The van der Waals surface area contributed by atoms with Gasteiger partial charge in [-0.05, 0) is 69.7 Å². The summed E-state index contributed by atoms with van der Waals surface area (Å²) in [5, 5.41) is 3.71. The number of hydrogen-bond acceptors (Lipinski definition) is 2. The van der Waals surface area contributed by atoms with E-state index in [0.717, 1.165) is 18.7 Å². The molecule has 1 aliphatic heterocycles. The third kappa shape index (κ3) is 2.71. The van der Waals surface area contributed by atoms with Crippen LogP contribution in [0.25, 0.3) is 0 Å². The monoisotopic (exact) mass is 273 g/mol. The molecule has 2 aliphatic rings. The van der Waals surface area contributed by atoms with E-state index < -0.39 is 0 Å². The van der Waals surface area contributed by atoms with Gasteiger partial charge in [0.15, 0.2) is 0 Å². The topological polar surface area (TPSA) is 21.3 Å². The highest BCUT2D eigenvalue weighted by Crippen LogP contribution is 2.42. The summed E-state index contributed by atoms with van der Waals surface area (Å²) in [5.74, 6) is 1.12. The number of rotatable bonds is 3. The van der Waals surface area contributed by atoms with E-state index in [1.54, 1.807) is 5.56 Å². The van der Waals surface area contributed by atoms with E-state index in [2.05, 4.69) is 38.2 Å². The molecule has 0 aromatic heterocycles. The first-order chi connectivity index (χ1) is 9.59. The molecule has 0 bridgehead atoms. The number of aryl methyl sites for hydroxylation is 2. The normalized spacial score (nSPS) is 23.6. The Morgan fingerprint density at radius 2 is 1.90 bits per heavy atom. The van der Waals surface area contributed by atoms with Gasteiger partial charge in [-0.2, -0.15) is 0 Å². The van der Waals surface area contributed by atoms with E-state index >= 15 is 0 Å². The average molecular weight is 273 g/mol. The summed E-state index contributed by atoms with van der Waals surface area (Å²) >= 11 is 0. The van der Waals surface area contributed by atoms with E-state index in [4.69, 9.17) is 4.74 Å². The van der Waals surface area contributed by atoms with Crippen molar-refractivity contribution in [1.82, 2.24) is 5.32 Å². The van der Waals surface area contributed by atoms with Gasteiger partial charge in [-0.1, -0.05) is 13.0 Å². The molecule has 1 aliphatic carbocycles. The van der Waals surface area contributed by atoms with E-state index in [1.807, 2.05) is 0 Å². The Morgan fingerprint density at radius 1 is 1.20 bits per heavy atom. The molecule has 2 heteroatoms. The van der Waals surface area contributed by atoms with Gasteiger partial charge in [0.1, 0.15) is 11.4 Å². The van der Waals surface area contributed by atoms with E-state index in [-0.39, 0.29) is 5.60 Å². The summed E-state index contributed by atoms with van der Waals surface area (Å²) in [4.78, 5) is 0. The van der Waals surface area contributed by atoms with Crippen LogP contribution in [0, 0.1) is 0 Å². The lowest BCUT2D eigenvalue weighted by molar-refractivity contribution is 0.0659. The second-order valence-electron chi connectivity index (χ2n) is 6.94. The molecule has 0 saturated heterocycles. The Balaban J connectivity index is 1.97. The van der Waals surface area contributed by atoms with Crippen LogP contribution in [0.1, 0.15) is 69.2 Å². The van der Waals surface area contributed by atoms with E-state index in [9.17, 15) is 0 Å². The van der Waals surface area contributed by atoms with Crippen molar-refractivity contribution >= 4 is 0 Å². The summed E-state index contributed by atoms with van der Waals surface area (Å²) in [7, 11) is 0. The third-order valence-corrected chi connectivity index (χ3v) is 4.57. The zero-order valence-corrected chi connectivity index (χ0v) is 13.1. The van der Waals surface area contributed by atoms with Crippen LogP contribution in [0.15, 0.2) is 12.1 Å². The molecule has 1 unspecified atom stereocenters. The van der Waals surface area contributed by atoms with Crippen LogP contribution in [0.3, 0.4) is 0 Å². The minimum atomic E-state index is -0.0681. The second kappa shape index (κ2) is 5.40. The predicted octanol–water partition coefficient (Wildman–Crippen LogP) is 4.17. The Hall–Kier alpha value is -1.02. The third-order valence-electron chi connectivity index (χ3n) is 4.57. The van der Waals surface area contributed by atoms with Crippen molar-refractivity contribution in [3.63, 3.8) is 0 Å². The second-order valence-corrected chi connectivity index (χ2v) is 6.94. The van der Waals surface area contributed by atoms with Gasteiger partial charge < -0.3 is 10.1 Å². The molecule has 0 fully saturated rings. The van der Waals surface area contributed by atoms with Crippen LogP contribution in [0.2, 0.25) is 0 Å². The molecular formula is C18H27NO. The Kier molecular flexibility index (Phi) is 3.76. The van der Waals surface area contributed by atoms with Crippen LogP contribution < -0.4 is 10.1 Å². The van der Waals surface area contributed by atoms with Gasteiger partial charge in [-0.25, -0.2) is 0 Å². The largest absolute Gasteiger partial charge is 0.487 e. The molecule has 0 saturated carbocycles. The van der Waals surface area contributed by atoms with Crippen LogP contribution in [0.5, 0.6) is 5.75 Å². The highest BCUT2D eigenvalue weighted by molar-refractivity contribution is 5.47. The minimum Gasteiger partial charge on any atom is -0.487 e. The van der Waals surface area contributed by atoms with E-state index in [1.165, 1.54) is 43.2 Å². The average Bonchev–Trinajstić information content (AvgIpc) is 2.42. The molecule has 110 valence electrons. The fourth-order valence-corrected chi connectivity index (χ4v) is 3.58. The lowest BCUT2D eigenvalue weighted by atomic mass is 9.84. The molecule has 0 radical (unpaired) electrons. The highest BCUT2D eigenvalue weighted by atomic mass is 16.5. The van der Waals surface area contributed by atoms with Gasteiger partial charge in [-0.15, -0.1) is 0 Å². The highest BCUT2D eigenvalue weighted by Gasteiger charge is 2.34. The molecular weight excluding hydrogens is 246 g/mol. The molecule has 3 rings (SSSR count). The van der Waals surface area contributed by atoms with Gasteiger partial charge >= 0.3 is 0 Å². The fourth-order valence-electron chi connectivity index (χ4n) is 3.58. The summed E-state index contributed by atoms with van der Waals surface area (Å²) in [6, 6.07) is 5.19. The maximum atomic E-state index is 6.26. The number of fused-ring (bicyclic) bond motifs is 2. The van der Waals surface area contributed by atoms with Crippen LogP contribution >= 0.6 is 0 Å². The number of nitrogens with one attached hydrogen (secondary N) is 1. The molecule has 20 heavy (non-hydrogen) atoms. The van der Waals surface area contributed by atoms with Gasteiger partial charge in [-0.3, -0.25) is 0 Å². The smallest absolute Gasteiger partial charge is 0.125 e. The minimum absolute atomic E-state index is 0.0681. The Labute approximate surface area is 122 Å². The lowest BCUT2D eigenvalue weighted by Gasteiger charge is -2.39. The predicted molar refractivity (Wildman–Crippen MR) is 83.4 cm³/mol. The fraction of sp³-hybridized carbons (Fsp3) is 0.667. The van der Waals surface area contributed by atoms with Crippen molar-refractivity contribution in [1.29, 1.82) is 0 Å². The molecule has 0 amide bonds. The van der Waals surface area contributed by atoms with Crippen LogP contribution in [-0.2, 0) is 12.8 Å². The first kappa shape index (κ1) is 13.9. The first-order valence-electron chi connectivity index (χ1n) is 8.17. The molecule has 1 atom stereocenters. The number of ether oxygens (including phenoxy) is 1. The molecule has 0 spiro atoms. The summed E-state index contributed by atoms with van der Waals surface area (Å²) in [6.45, 7) is 7.72. The maximum absolute atomic E-state index is 6.26. The maximum Gasteiger partial charge on any atom is 0.125 e. The summed E-state index contributed by atoms with van der Waals surface area (Å²) in [5.41, 5.74) is 4.39. The number of benzene rings is 1. The lowest BCUT2D eigenvalue weighted by Crippen LogP contribution is -2.40. The first-order valence-corrected chi connectivity index (χ1v) is 8.17. The van der Waals surface area contributed by atoms with Gasteiger partial charge in [0.25, 0.3) is 0 Å². The molecule has 1 heterocycles. The van der Waals surface area contributed by atoms with E-state index in [0.29, 0.717) is 6.04 Å². The van der Waals surface area contributed by atoms with Crippen molar-refractivity contribution in [2.45, 2.75) is 70.9 Å². The number of hydrogen-bond donors (Lipinski definition) is 1. The molecule has 1 aromatic rings. The molecule has 2 nitrogen and oxygen atoms in total. The van der Waals surface area contributed by atoms with Crippen molar-refractivity contribution < 1.29 is 4.74 Å². The van der Waals surface area contributed by atoms with Gasteiger partial charge in [0, 0.05) is 18.0 Å². The zero-order valence-electron chi connectivity index (χ0n) is 13.1. The van der Waals surface area contributed by atoms with Gasteiger partial charge in [0.2, 0.25) is 0 Å². The summed E-state index contributed by atoms with van der Waals surface area (Å²) < 4.78 is 6.26. The van der Waals surface area contributed by atoms with Crippen molar-refractivity contribution in [3.05, 3.63) is 28.8 Å². The van der Waals surface area contributed by atoms with Crippen molar-refractivity contribution in [3.8, 4) is 5.75 Å². The summed E-state index contributed by atoms with van der Waals surface area (Å²) in [6.07, 6.45) is 7.36. The SMILES string of the molecule is CCCNC1CC(C)(C)Oc2cc3c(cc21)CCCC3. The van der Waals surface area contributed by atoms with Crippen molar-refractivity contribution in [2.24, 2.45) is 0 Å². The molecule has 1 N–H and O–H groups in total. The van der Waals surface area contributed by atoms with Crippen molar-refractivity contribution in [2.75, 3.05) is 6.54 Å². The van der Waals surface area contributed by atoms with Crippen LogP contribution in [0.4, 0.5) is 0 Å². The Bertz CT molecular complexity index is 492. The van der Waals surface area contributed by atoms with Crippen LogP contribution in [-0.4, -0.2) is 12.1 Å². The van der Waals surface area contributed by atoms with Gasteiger partial charge in [0.05, 0.1) is 0 Å².